The number of carbonyl (C=O) groups is 3. The molecule has 1 unspecified atom stereocenters. The summed E-state index contributed by atoms with van der Waals surface area (Å²) in [5, 5.41) is 2.73. The molecule has 0 spiro atoms. The molecule has 7 nitrogen and oxygen atoms in total. The summed E-state index contributed by atoms with van der Waals surface area (Å²) in [6, 6.07) is 19.6. The highest BCUT2D eigenvalue weighted by atomic mass is 16.2. The number of hydrogen-bond acceptors (Lipinski definition) is 4. The van der Waals surface area contributed by atoms with Gasteiger partial charge in [0.2, 0.25) is 5.91 Å². The molecule has 5 rings (SSSR count). The minimum absolute atomic E-state index is 0.0885. The van der Waals surface area contributed by atoms with Crippen LogP contribution in [0.2, 0.25) is 0 Å². The Morgan fingerprint density at radius 1 is 0.900 bits per heavy atom. The van der Waals surface area contributed by atoms with Gasteiger partial charge in [0.1, 0.15) is 12.0 Å². The maximum atomic E-state index is 13.3. The van der Waals surface area contributed by atoms with Gasteiger partial charge in [0.05, 0.1) is 11.3 Å². The van der Waals surface area contributed by atoms with Gasteiger partial charge >= 0.3 is 0 Å². The van der Waals surface area contributed by atoms with Crippen molar-refractivity contribution >= 4 is 29.2 Å². The van der Waals surface area contributed by atoms with Crippen LogP contribution in [0.5, 0.6) is 0 Å². The summed E-state index contributed by atoms with van der Waals surface area (Å²) in [4.78, 5) is 46.2. The van der Waals surface area contributed by atoms with Gasteiger partial charge < -0.3 is 10.2 Å². The Bertz CT molecular complexity index is 1160. The van der Waals surface area contributed by atoms with Gasteiger partial charge in [0, 0.05) is 30.3 Å². The molecule has 30 heavy (non-hydrogen) atoms. The van der Waals surface area contributed by atoms with E-state index in [2.05, 4.69) is 10.3 Å². The summed E-state index contributed by atoms with van der Waals surface area (Å²) in [6.45, 7) is 0.175. The van der Waals surface area contributed by atoms with Gasteiger partial charge in [-0.3, -0.25) is 19.3 Å². The maximum Gasteiger partial charge on any atom is 0.260 e. The van der Waals surface area contributed by atoms with Crippen LogP contribution in [0.25, 0.3) is 0 Å². The molecular weight excluding hydrogens is 380 g/mol. The Morgan fingerprint density at radius 2 is 1.63 bits per heavy atom. The molecule has 0 aliphatic carbocycles. The molecule has 2 aliphatic heterocycles. The Kier molecular flexibility index (Phi) is 4.28. The van der Waals surface area contributed by atoms with Crippen LogP contribution in [0, 0.1) is 0 Å². The first-order chi connectivity index (χ1) is 14.6. The molecule has 1 aromatic heterocycles. The number of aromatic nitrogens is 1. The minimum Gasteiger partial charge on any atom is -0.313 e. The molecule has 2 aliphatic rings. The Morgan fingerprint density at radius 3 is 2.43 bits per heavy atom. The van der Waals surface area contributed by atoms with E-state index in [9.17, 15) is 14.4 Å². The van der Waals surface area contributed by atoms with Gasteiger partial charge in [-0.2, -0.15) is 0 Å². The zero-order valence-electron chi connectivity index (χ0n) is 16.0. The standard InChI is InChI=1S/C23H18N4O3/c28-20(25-19-11-5-6-13-24-19)12-14-26-21-15-7-1-2-8-16(15)23(30)27(21)18-10-4-3-9-17(18)22(26)29/h1-11,13,21H,12,14H2,(H,24,25,28). The second-order valence-corrected chi connectivity index (χ2v) is 7.16. The minimum atomic E-state index is -0.557. The third-order valence-corrected chi connectivity index (χ3v) is 5.39. The number of para-hydroxylation sites is 1. The van der Waals surface area contributed by atoms with Crippen LogP contribution in [0.15, 0.2) is 72.9 Å². The monoisotopic (exact) mass is 398 g/mol. The summed E-state index contributed by atoms with van der Waals surface area (Å²) in [5.74, 6) is -0.120. The SMILES string of the molecule is O=C(CCN1C(=O)c2ccccc2N2C(=O)c3ccccc3C12)Nc1ccccn1. The maximum absolute atomic E-state index is 13.3. The summed E-state index contributed by atoms with van der Waals surface area (Å²) >= 11 is 0. The fraction of sp³-hybridized carbons (Fsp3) is 0.130. The van der Waals surface area contributed by atoms with E-state index in [1.807, 2.05) is 24.3 Å². The van der Waals surface area contributed by atoms with Gasteiger partial charge in [-0.1, -0.05) is 36.4 Å². The largest absolute Gasteiger partial charge is 0.313 e. The van der Waals surface area contributed by atoms with Crippen LogP contribution in [-0.2, 0) is 4.79 Å². The predicted molar refractivity (Wildman–Crippen MR) is 111 cm³/mol. The highest BCUT2D eigenvalue weighted by molar-refractivity contribution is 6.16. The summed E-state index contributed by atoms with van der Waals surface area (Å²) in [6.07, 6.45) is 1.13. The van der Waals surface area contributed by atoms with Crippen molar-refractivity contribution in [3.05, 3.63) is 89.6 Å². The first kappa shape index (κ1) is 18.1. The highest BCUT2D eigenvalue weighted by Gasteiger charge is 2.47. The second-order valence-electron chi connectivity index (χ2n) is 7.16. The van der Waals surface area contributed by atoms with E-state index in [4.69, 9.17) is 0 Å². The van der Waals surface area contributed by atoms with E-state index in [0.29, 0.717) is 22.6 Å². The lowest BCUT2D eigenvalue weighted by molar-refractivity contribution is -0.116. The third-order valence-electron chi connectivity index (χ3n) is 5.39. The van der Waals surface area contributed by atoms with Crippen LogP contribution in [0.4, 0.5) is 11.5 Å². The molecule has 0 saturated carbocycles. The molecule has 0 fully saturated rings. The van der Waals surface area contributed by atoms with Crippen molar-refractivity contribution in [2.75, 3.05) is 16.8 Å². The van der Waals surface area contributed by atoms with E-state index in [1.54, 1.807) is 58.5 Å². The number of anilines is 2. The lowest BCUT2D eigenvalue weighted by Gasteiger charge is -2.40. The number of carbonyl (C=O) groups excluding carboxylic acids is 3. The number of amides is 3. The van der Waals surface area contributed by atoms with E-state index in [0.717, 1.165) is 5.56 Å². The number of benzene rings is 2. The van der Waals surface area contributed by atoms with E-state index >= 15 is 0 Å². The van der Waals surface area contributed by atoms with Crippen LogP contribution in [-0.4, -0.2) is 34.2 Å². The van der Waals surface area contributed by atoms with Crippen LogP contribution in [0.1, 0.15) is 38.9 Å². The molecular formula is C23H18N4O3. The van der Waals surface area contributed by atoms with Crippen molar-refractivity contribution in [2.45, 2.75) is 12.6 Å². The van der Waals surface area contributed by atoms with E-state index in [-0.39, 0.29) is 30.7 Å². The summed E-state index contributed by atoms with van der Waals surface area (Å²) in [7, 11) is 0. The lowest BCUT2D eigenvalue weighted by Crippen LogP contribution is -2.49. The van der Waals surface area contributed by atoms with Crippen LogP contribution >= 0.6 is 0 Å². The number of rotatable bonds is 4. The number of nitrogens with one attached hydrogen (secondary N) is 1. The van der Waals surface area contributed by atoms with Crippen molar-refractivity contribution < 1.29 is 14.4 Å². The van der Waals surface area contributed by atoms with Gasteiger partial charge in [-0.05, 0) is 30.3 Å². The van der Waals surface area contributed by atoms with Gasteiger partial charge in [-0.25, -0.2) is 4.98 Å². The molecule has 0 saturated heterocycles. The van der Waals surface area contributed by atoms with Gasteiger partial charge in [-0.15, -0.1) is 0 Å². The van der Waals surface area contributed by atoms with Gasteiger partial charge in [0.15, 0.2) is 0 Å². The summed E-state index contributed by atoms with van der Waals surface area (Å²) in [5.41, 5.74) is 2.41. The van der Waals surface area contributed by atoms with E-state index in [1.165, 1.54) is 0 Å². The number of pyridine rings is 1. The third kappa shape index (κ3) is 2.83. The molecule has 0 bridgehead atoms. The Labute approximate surface area is 172 Å². The van der Waals surface area contributed by atoms with Crippen molar-refractivity contribution in [1.29, 1.82) is 0 Å². The van der Waals surface area contributed by atoms with Crippen molar-refractivity contribution in [1.82, 2.24) is 9.88 Å². The van der Waals surface area contributed by atoms with Crippen LogP contribution in [0.3, 0.4) is 0 Å². The molecule has 2 aromatic carbocycles. The average molecular weight is 398 g/mol. The second kappa shape index (κ2) is 7.11. The highest BCUT2D eigenvalue weighted by Crippen LogP contribution is 2.45. The van der Waals surface area contributed by atoms with Crippen LogP contribution < -0.4 is 10.2 Å². The molecule has 3 amide bonds. The smallest absolute Gasteiger partial charge is 0.260 e. The quantitative estimate of drug-likeness (QED) is 0.732. The van der Waals surface area contributed by atoms with E-state index < -0.39 is 6.17 Å². The Hall–Kier alpha value is -4.00. The molecule has 1 N–H and O–H groups in total. The van der Waals surface area contributed by atoms with Crippen molar-refractivity contribution in [2.24, 2.45) is 0 Å². The van der Waals surface area contributed by atoms with Gasteiger partial charge in [0.25, 0.3) is 11.8 Å². The first-order valence-electron chi connectivity index (χ1n) is 9.68. The number of hydrogen-bond donors (Lipinski definition) is 1. The fourth-order valence-electron chi connectivity index (χ4n) is 4.06. The number of fused-ring (bicyclic) bond motifs is 5. The molecule has 148 valence electrons. The Balaban J connectivity index is 1.46. The van der Waals surface area contributed by atoms with Crippen molar-refractivity contribution in [3.8, 4) is 0 Å². The predicted octanol–water partition coefficient (Wildman–Crippen LogP) is 3.23. The topological polar surface area (TPSA) is 82.6 Å². The molecule has 0 radical (unpaired) electrons. The normalized spacial score (nSPS) is 16.7. The molecule has 1 atom stereocenters. The molecule has 7 heteroatoms. The average Bonchev–Trinajstić information content (AvgIpc) is 3.07. The zero-order valence-corrected chi connectivity index (χ0v) is 16.0. The lowest BCUT2D eigenvalue weighted by atomic mass is 10.0. The number of nitrogens with zero attached hydrogens (tertiary/aromatic N) is 3. The molecule has 3 heterocycles. The zero-order chi connectivity index (χ0) is 20.7. The molecule has 3 aromatic rings. The first-order valence-corrected chi connectivity index (χ1v) is 9.68. The summed E-state index contributed by atoms with van der Waals surface area (Å²) < 4.78 is 0. The fourth-order valence-corrected chi connectivity index (χ4v) is 4.06. The van der Waals surface area contributed by atoms with Crippen molar-refractivity contribution in [3.63, 3.8) is 0 Å².